The number of nitrogens with zero attached hydrogens (tertiary/aromatic N) is 5. The average molecular weight is 1550 g/mol. The molecule has 0 radical (unpaired) electrons. The van der Waals surface area contributed by atoms with E-state index in [1.807, 2.05) is 104 Å². The van der Waals surface area contributed by atoms with Crippen LogP contribution in [0.25, 0.3) is 43.1 Å². The van der Waals surface area contributed by atoms with E-state index in [1.54, 1.807) is 90.9 Å². The molecule has 8 heterocycles. The van der Waals surface area contributed by atoms with Crippen LogP contribution < -0.4 is 65.2 Å². The third-order valence-corrected chi connectivity index (χ3v) is 21.3. The fourth-order valence-electron chi connectivity index (χ4n) is 10.5. The molecule has 11 aromatic rings. The molecular formula is C70H80BClI2N6NaO8PS2. The number of nitrogens with one attached hydrogen (secondary N) is 1. The standard InChI is InChI=1S/C21H18N2O2S.C16H13IN2O2.C12H27P.C11H10ClNO.C5H7BO2S.C5H4INO.Na.H/c1-14-7-20(26-13-14)16-4-6-21(24)23(12-16)11-15-3-5-19-17(8-15)9-18(25-2)10-22-19;1-21-14-7-12-6-11(2-4-15(12)18-8-14)9-19-10-13(17)3-5-16(19)20;1-10(2,3)13(11(4,5)6)12(7,8)9;1-14-10-5-9-4-8(6-12)2-3-11(9)13-7-10;1-4-2-5(6(7)8)9-3-4;6-4-1-2-5(8)7-3-4;;/h3-10,12-13H,11H2,1-2H3;2-8,10H,9H2,1H3;1-9H3;2-5,7H,6H2,1H3;2-3,7-8H,1H3;1-3H,(H,7,8);;/q;;;;;;+1;-1. The fourth-order valence-corrected chi connectivity index (χ4v) is 19.2. The molecule has 8 aromatic heterocycles. The summed E-state index contributed by atoms with van der Waals surface area (Å²) in [5.74, 6) is 2.74. The molecule has 0 aliphatic heterocycles. The number of ether oxygens (including phenoxy) is 3. The largest absolute Gasteiger partial charge is 1.00 e. The number of H-pyrrole nitrogens is 1. The van der Waals surface area contributed by atoms with Crippen LogP contribution >= 0.6 is 87.4 Å². The first-order valence-corrected chi connectivity index (χ1v) is 34.8. The minimum absolute atomic E-state index is 0. The van der Waals surface area contributed by atoms with Crippen molar-refractivity contribution in [1.82, 2.24) is 29.1 Å². The number of hydrogen-bond acceptors (Lipinski definition) is 13. The number of rotatable bonds is 10. The van der Waals surface area contributed by atoms with E-state index in [1.165, 1.54) is 27.8 Å². The molecule has 0 aliphatic rings. The Bertz CT molecular complexity index is 4290. The smallest absolute Gasteiger partial charge is 1.00 e. The molecule has 0 saturated heterocycles. The van der Waals surface area contributed by atoms with E-state index in [2.05, 4.69) is 152 Å². The van der Waals surface area contributed by atoms with E-state index in [0.29, 0.717) is 39.2 Å². The number of thiophene rings is 2. The van der Waals surface area contributed by atoms with Gasteiger partial charge in [0.15, 0.2) is 0 Å². The van der Waals surface area contributed by atoms with Gasteiger partial charge >= 0.3 is 36.7 Å². The molecule has 0 saturated carbocycles. The second kappa shape index (κ2) is 36.0. The number of pyridine rings is 6. The van der Waals surface area contributed by atoms with Crippen LogP contribution in [0.2, 0.25) is 0 Å². The minimum Gasteiger partial charge on any atom is -1.00 e. The Morgan fingerprint density at radius 1 is 0.565 bits per heavy atom. The molecule has 0 spiro atoms. The summed E-state index contributed by atoms with van der Waals surface area (Å²) in [4.78, 5) is 51.2. The van der Waals surface area contributed by atoms with Gasteiger partial charge in [0.05, 0.1) is 69.6 Å². The van der Waals surface area contributed by atoms with Crippen LogP contribution in [0.1, 0.15) is 91.6 Å². The first kappa shape index (κ1) is 77.4. The van der Waals surface area contributed by atoms with Crippen LogP contribution in [-0.2, 0) is 19.0 Å². The van der Waals surface area contributed by atoms with Crippen molar-refractivity contribution in [2.24, 2.45) is 0 Å². The Morgan fingerprint density at radius 2 is 0.989 bits per heavy atom. The summed E-state index contributed by atoms with van der Waals surface area (Å²) < 4.78 is 21.7. The van der Waals surface area contributed by atoms with E-state index in [-0.39, 0.29) is 55.6 Å². The predicted molar refractivity (Wildman–Crippen MR) is 401 cm³/mol. The molecule has 3 N–H and O–H groups in total. The Balaban J connectivity index is 0.000000248. The molecule has 0 atom stereocenters. The number of hydrogen-bond donors (Lipinski definition) is 3. The van der Waals surface area contributed by atoms with E-state index < -0.39 is 7.12 Å². The summed E-state index contributed by atoms with van der Waals surface area (Å²) >= 11 is 13.1. The SMILES string of the molecule is CC(C)(C)P(C(C)(C)C)C(C)(C)C.COc1cnc2ccc(CCl)cc2c1.COc1cnc2ccc(Cn3cc(-c4cc(C)cs4)ccc3=O)cc2c1.COc1cnc2ccc(Cn3cc(I)ccc3=O)cc2c1.Cc1csc(B(O)O)c1.O=c1ccc(I)c[nH]1.[H-].[Na+]. The maximum atomic E-state index is 12.3. The van der Waals surface area contributed by atoms with Crippen molar-refractivity contribution < 1.29 is 55.2 Å². The van der Waals surface area contributed by atoms with Crippen LogP contribution in [0.5, 0.6) is 17.2 Å². The minimum atomic E-state index is -1.30. The monoisotopic (exact) mass is 1550 g/mol. The van der Waals surface area contributed by atoms with Gasteiger partial charge in [-0.1, -0.05) is 88.4 Å². The van der Waals surface area contributed by atoms with Crippen LogP contribution in [0.15, 0.2) is 184 Å². The van der Waals surface area contributed by atoms with Gasteiger partial charge in [0.2, 0.25) is 5.56 Å². The number of halogens is 3. The molecule has 0 aliphatic carbocycles. The number of aryl methyl sites for hydroxylation is 2. The number of benzene rings is 3. The number of alkyl halides is 1. The van der Waals surface area contributed by atoms with Gasteiger partial charge in [0.1, 0.15) is 17.2 Å². The summed E-state index contributed by atoms with van der Waals surface area (Å²) in [5.41, 5.74) is 9.29. The van der Waals surface area contributed by atoms with Crippen molar-refractivity contribution in [3.63, 3.8) is 0 Å². The van der Waals surface area contributed by atoms with Crippen molar-refractivity contribution in [3.05, 3.63) is 235 Å². The maximum absolute atomic E-state index is 12.3. The van der Waals surface area contributed by atoms with E-state index >= 15 is 0 Å². The van der Waals surface area contributed by atoms with Gasteiger partial charge in [0.25, 0.3) is 11.1 Å². The fraction of sp³-hybridized carbons (Fsp3) is 0.286. The predicted octanol–water partition coefficient (Wildman–Crippen LogP) is 13.2. The quantitative estimate of drug-likeness (QED) is 0.0512. The summed E-state index contributed by atoms with van der Waals surface area (Å²) in [6, 6.07) is 38.0. The van der Waals surface area contributed by atoms with Crippen LogP contribution in [0.3, 0.4) is 0 Å². The van der Waals surface area contributed by atoms with Crippen molar-refractivity contribution in [2.45, 2.75) is 111 Å². The van der Waals surface area contributed by atoms with Gasteiger partial charge in [0, 0.05) is 81.2 Å². The van der Waals surface area contributed by atoms with Crippen LogP contribution in [-0.4, -0.2) is 83.0 Å². The number of fused-ring (bicyclic) bond motifs is 3. The maximum Gasteiger partial charge on any atom is 1.00 e. The van der Waals surface area contributed by atoms with E-state index in [4.69, 9.17) is 35.9 Å². The van der Waals surface area contributed by atoms with Crippen molar-refractivity contribution in [3.8, 4) is 27.7 Å². The van der Waals surface area contributed by atoms with Crippen molar-refractivity contribution in [1.29, 1.82) is 0 Å². The summed E-state index contributed by atoms with van der Waals surface area (Å²) in [6.07, 6.45) is 10.6. The first-order valence-electron chi connectivity index (χ1n) is 29.0. The number of methoxy groups -OCH3 is 3. The van der Waals surface area contributed by atoms with E-state index in [9.17, 15) is 14.4 Å². The number of aromatic amines is 1. The molecule has 480 valence electrons. The zero-order valence-electron chi connectivity index (χ0n) is 55.8. The first-order chi connectivity index (χ1) is 43.0. The third-order valence-electron chi connectivity index (χ3n) is 13.4. The van der Waals surface area contributed by atoms with Crippen molar-refractivity contribution in [2.75, 3.05) is 21.3 Å². The molecule has 11 rings (SSSR count). The normalized spacial score (nSPS) is 11.0. The van der Waals surface area contributed by atoms with E-state index in [0.717, 1.165) is 84.9 Å². The second-order valence-electron chi connectivity index (χ2n) is 24.1. The van der Waals surface area contributed by atoms with Crippen molar-refractivity contribution >= 4 is 132 Å². The average Bonchev–Trinajstić information content (AvgIpc) is 1.41. The zero-order valence-corrected chi connectivity index (χ0v) is 64.4. The van der Waals surface area contributed by atoms with Gasteiger partial charge in [-0.15, -0.1) is 22.9 Å². The molecule has 14 nitrogen and oxygen atoms in total. The Hall–Kier alpha value is -5.30. The van der Waals surface area contributed by atoms with Crippen LogP contribution in [0.4, 0.5) is 0 Å². The Kier molecular flexibility index (Phi) is 30.3. The van der Waals surface area contributed by atoms with Gasteiger partial charge in [-0.25, -0.2) is 0 Å². The van der Waals surface area contributed by atoms with Gasteiger partial charge in [-0.2, -0.15) is 11.3 Å². The molecule has 0 fully saturated rings. The Morgan fingerprint density at radius 3 is 1.35 bits per heavy atom. The van der Waals surface area contributed by atoms with Gasteiger partial charge in [-0.3, -0.25) is 29.3 Å². The molecule has 0 unspecified atom stereocenters. The Labute approximate surface area is 605 Å². The molecule has 22 heteroatoms. The van der Waals surface area contributed by atoms with Gasteiger partial charge < -0.3 is 39.8 Å². The molecular weight excluding hydrogens is 1470 g/mol. The zero-order chi connectivity index (χ0) is 66.8. The molecule has 92 heavy (non-hydrogen) atoms. The molecule has 0 bridgehead atoms. The number of aromatic nitrogens is 6. The van der Waals surface area contributed by atoms with Crippen LogP contribution in [0, 0.1) is 21.0 Å². The summed E-state index contributed by atoms with van der Waals surface area (Å²) in [5, 5.41) is 25.6. The summed E-state index contributed by atoms with van der Waals surface area (Å²) in [6.45, 7) is 26.5. The topological polar surface area (TPSA) is 184 Å². The third kappa shape index (κ3) is 24.2. The summed E-state index contributed by atoms with van der Waals surface area (Å²) in [7, 11) is 3.60. The molecule has 0 amide bonds. The van der Waals surface area contributed by atoms with Gasteiger partial charge in [-0.05, 0) is 198 Å². The second-order valence-corrected chi connectivity index (χ2v) is 33.5. The molecule has 3 aromatic carbocycles.